The van der Waals surface area contributed by atoms with Gasteiger partial charge in [0.05, 0.1) is 5.69 Å². The van der Waals surface area contributed by atoms with Gasteiger partial charge < -0.3 is 10.1 Å². The first-order chi connectivity index (χ1) is 13.0. The van der Waals surface area contributed by atoms with E-state index in [0.717, 1.165) is 12.0 Å². The number of hydrogen-bond donors (Lipinski definition) is 1. The summed E-state index contributed by atoms with van der Waals surface area (Å²) >= 11 is 0. The molecular formula is C22H23N3O2. The maximum Gasteiger partial charge on any atom is 0.251 e. The van der Waals surface area contributed by atoms with Crippen molar-refractivity contribution in [2.75, 3.05) is 0 Å². The van der Waals surface area contributed by atoms with Gasteiger partial charge in [0.1, 0.15) is 12.1 Å². The van der Waals surface area contributed by atoms with E-state index in [4.69, 9.17) is 4.74 Å². The minimum Gasteiger partial charge on any atom is -0.439 e. The van der Waals surface area contributed by atoms with Gasteiger partial charge in [-0.3, -0.25) is 4.79 Å². The Balaban J connectivity index is 1.83. The molecule has 0 aliphatic rings. The summed E-state index contributed by atoms with van der Waals surface area (Å²) in [7, 11) is 0. The van der Waals surface area contributed by atoms with Gasteiger partial charge in [0.25, 0.3) is 5.91 Å². The maximum atomic E-state index is 12.5. The molecule has 0 atom stereocenters. The minimum atomic E-state index is -0.251. The molecule has 3 rings (SSSR count). The number of benzene rings is 2. The summed E-state index contributed by atoms with van der Waals surface area (Å²) in [5, 5.41) is 3.05. The van der Waals surface area contributed by atoms with Crippen LogP contribution >= 0.6 is 0 Å². The molecule has 0 aliphatic carbocycles. The van der Waals surface area contributed by atoms with Gasteiger partial charge in [-0.05, 0) is 44.5 Å². The summed E-state index contributed by atoms with van der Waals surface area (Å²) in [5.41, 5.74) is 1.87. The van der Waals surface area contributed by atoms with Gasteiger partial charge in [0.2, 0.25) is 5.88 Å². The number of ether oxygens (including phenoxy) is 1. The standard InChI is InChI=1S/C22H23N3O2/c1-4-22(2,3)25-21(26)17-10-8-9-16(13-17)19-14-20(24-15-23-19)27-18-11-6-5-7-12-18/h5-15H,4H2,1-3H3,(H,25,26). The van der Waals surface area contributed by atoms with Gasteiger partial charge in [-0.2, -0.15) is 0 Å². The Labute approximate surface area is 159 Å². The number of nitrogens with zero attached hydrogens (tertiary/aromatic N) is 2. The number of hydrogen-bond acceptors (Lipinski definition) is 4. The molecule has 1 N–H and O–H groups in total. The van der Waals surface area contributed by atoms with Crippen LogP contribution in [0.1, 0.15) is 37.6 Å². The van der Waals surface area contributed by atoms with Crippen molar-refractivity contribution in [2.45, 2.75) is 32.7 Å². The molecule has 0 saturated carbocycles. The number of nitrogens with one attached hydrogen (secondary N) is 1. The SMILES string of the molecule is CCC(C)(C)NC(=O)c1cccc(-c2cc(Oc3ccccc3)ncn2)c1. The molecule has 1 amide bonds. The Morgan fingerprint density at radius 2 is 1.81 bits per heavy atom. The molecular weight excluding hydrogens is 338 g/mol. The summed E-state index contributed by atoms with van der Waals surface area (Å²) in [5.74, 6) is 1.06. The third-order valence-corrected chi connectivity index (χ3v) is 4.36. The highest BCUT2D eigenvalue weighted by atomic mass is 16.5. The minimum absolute atomic E-state index is 0.0986. The van der Waals surface area contributed by atoms with Gasteiger partial charge >= 0.3 is 0 Å². The van der Waals surface area contributed by atoms with E-state index in [1.54, 1.807) is 12.1 Å². The zero-order chi connectivity index (χ0) is 19.3. The third-order valence-electron chi connectivity index (χ3n) is 4.36. The Bertz CT molecular complexity index is 924. The van der Waals surface area contributed by atoms with Crippen LogP contribution in [0, 0.1) is 0 Å². The molecule has 0 radical (unpaired) electrons. The van der Waals surface area contributed by atoms with Gasteiger partial charge in [0, 0.05) is 22.7 Å². The van der Waals surface area contributed by atoms with Crippen LogP contribution in [-0.2, 0) is 0 Å². The molecule has 5 heteroatoms. The number of amides is 1. The third kappa shape index (κ3) is 4.91. The highest BCUT2D eigenvalue weighted by molar-refractivity contribution is 5.95. The fraction of sp³-hybridized carbons (Fsp3) is 0.227. The van der Waals surface area contributed by atoms with Gasteiger partial charge in [0.15, 0.2) is 0 Å². The van der Waals surface area contributed by atoms with Crippen LogP contribution in [0.2, 0.25) is 0 Å². The number of aromatic nitrogens is 2. The second-order valence-corrected chi connectivity index (χ2v) is 6.93. The molecule has 2 aromatic carbocycles. The van der Waals surface area contributed by atoms with Crippen molar-refractivity contribution in [1.29, 1.82) is 0 Å². The first-order valence-electron chi connectivity index (χ1n) is 8.95. The molecule has 27 heavy (non-hydrogen) atoms. The highest BCUT2D eigenvalue weighted by Crippen LogP contribution is 2.24. The molecule has 0 aliphatic heterocycles. The van der Waals surface area contributed by atoms with Crippen LogP contribution in [0.25, 0.3) is 11.3 Å². The molecule has 138 valence electrons. The first kappa shape index (κ1) is 18.6. The molecule has 5 nitrogen and oxygen atoms in total. The van der Waals surface area contributed by atoms with E-state index in [2.05, 4.69) is 15.3 Å². The predicted molar refractivity (Wildman–Crippen MR) is 106 cm³/mol. The van der Waals surface area contributed by atoms with Crippen LogP contribution in [-0.4, -0.2) is 21.4 Å². The van der Waals surface area contributed by atoms with E-state index < -0.39 is 0 Å². The van der Waals surface area contributed by atoms with Crippen LogP contribution < -0.4 is 10.1 Å². The lowest BCUT2D eigenvalue weighted by atomic mass is 10.0. The number of para-hydroxylation sites is 1. The van der Waals surface area contributed by atoms with Gasteiger partial charge in [-0.1, -0.05) is 37.3 Å². The monoisotopic (exact) mass is 361 g/mol. The van der Waals surface area contributed by atoms with Crippen molar-refractivity contribution in [1.82, 2.24) is 15.3 Å². The van der Waals surface area contributed by atoms with Gasteiger partial charge in [-0.25, -0.2) is 9.97 Å². The Hall–Kier alpha value is -3.21. The molecule has 0 bridgehead atoms. The molecule has 0 unspecified atom stereocenters. The molecule has 1 aromatic heterocycles. The van der Waals surface area contributed by atoms with Crippen molar-refractivity contribution in [3.63, 3.8) is 0 Å². The van der Waals surface area contributed by atoms with E-state index in [1.807, 2.05) is 69.3 Å². The van der Waals surface area contributed by atoms with Crippen molar-refractivity contribution >= 4 is 5.91 Å². The van der Waals surface area contributed by atoms with E-state index in [0.29, 0.717) is 22.9 Å². The van der Waals surface area contributed by atoms with E-state index in [1.165, 1.54) is 6.33 Å². The lowest BCUT2D eigenvalue weighted by Gasteiger charge is -2.24. The summed E-state index contributed by atoms with van der Waals surface area (Å²) in [6, 6.07) is 18.6. The molecule has 3 aromatic rings. The van der Waals surface area contributed by atoms with Crippen LogP contribution in [0.15, 0.2) is 67.0 Å². The van der Waals surface area contributed by atoms with E-state index in [9.17, 15) is 4.79 Å². The number of rotatable bonds is 6. The average molecular weight is 361 g/mol. The average Bonchev–Trinajstić information content (AvgIpc) is 2.69. The van der Waals surface area contributed by atoms with Gasteiger partial charge in [-0.15, -0.1) is 0 Å². The first-order valence-corrected chi connectivity index (χ1v) is 8.95. The van der Waals surface area contributed by atoms with Crippen molar-refractivity contribution in [3.05, 3.63) is 72.6 Å². The van der Waals surface area contributed by atoms with E-state index >= 15 is 0 Å². The lowest BCUT2D eigenvalue weighted by Crippen LogP contribution is -2.42. The Morgan fingerprint density at radius 3 is 2.56 bits per heavy atom. The summed E-state index contributed by atoms with van der Waals surface area (Å²) in [6.07, 6.45) is 2.31. The van der Waals surface area contributed by atoms with Crippen LogP contribution in [0.4, 0.5) is 0 Å². The largest absolute Gasteiger partial charge is 0.439 e. The highest BCUT2D eigenvalue weighted by Gasteiger charge is 2.19. The molecule has 0 saturated heterocycles. The summed E-state index contributed by atoms with van der Waals surface area (Å²) < 4.78 is 5.77. The summed E-state index contributed by atoms with van der Waals surface area (Å²) in [4.78, 5) is 21.0. The second-order valence-electron chi connectivity index (χ2n) is 6.93. The zero-order valence-corrected chi connectivity index (χ0v) is 15.8. The molecule has 0 fully saturated rings. The van der Waals surface area contributed by atoms with E-state index in [-0.39, 0.29) is 11.4 Å². The van der Waals surface area contributed by atoms with Crippen molar-refractivity contribution in [3.8, 4) is 22.9 Å². The second kappa shape index (κ2) is 7.99. The Morgan fingerprint density at radius 1 is 1.04 bits per heavy atom. The fourth-order valence-electron chi connectivity index (χ4n) is 2.45. The number of carbonyl (C=O) groups is 1. The predicted octanol–water partition coefficient (Wildman–Crippen LogP) is 4.85. The lowest BCUT2D eigenvalue weighted by molar-refractivity contribution is 0.0911. The fourth-order valence-corrected chi connectivity index (χ4v) is 2.45. The number of carbonyl (C=O) groups excluding carboxylic acids is 1. The molecule has 0 spiro atoms. The smallest absolute Gasteiger partial charge is 0.251 e. The normalized spacial score (nSPS) is 11.1. The quantitative estimate of drug-likeness (QED) is 0.681. The van der Waals surface area contributed by atoms with Crippen LogP contribution in [0.5, 0.6) is 11.6 Å². The Kier molecular flexibility index (Phi) is 5.50. The molecule has 1 heterocycles. The van der Waals surface area contributed by atoms with Crippen molar-refractivity contribution < 1.29 is 9.53 Å². The van der Waals surface area contributed by atoms with Crippen molar-refractivity contribution in [2.24, 2.45) is 0 Å². The topological polar surface area (TPSA) is 64.1 Å². The maximum absolute atomic E-state index is 12.5. The zero-order valence-electron chi connectivity index (χ0n) is 15.8. The van der Waals surface area contributed by atoms with Crippen LogP contribution in [0.3, 0.4) is 0 Å². The summed E-state index contributed by atoms with van der Waals surface area (Å²) in [6.45, 7) is 6.06.